The van der Waals surface area contributed by atoms with Crippen molar-refractivity contribution in [2.24, 2.45) is 0 Å². The molecule has 4 aromatic rings. The Kier molecular flexibility index (Phi) is 4.13. The van der Waals surface area contributed by atoms with E-state index >= 15 is 0 Å². The number of likely N-dealkylation sites (tertiary alicyclic amines) is 1. The molecule has 1 aliphatic heterocycles. The van der Waals surface area contributed by atoms with Crippen LogP contribution in [0.25, 0.3) is 22.1 Å². The van der Waals surface area contributed by atoms with E-state index in [0.29, 0.717) is 29.5 Å². The van der Waals surface area contributed by atoms with E-state index in [0.717, 1.165) is 40.8 Å². The molecule has 5 nitrogen and oxygen atoms in total. The average molecular weight is 395 g/mol. The van der Waals surface area contributed by atoms with Crippen molar-refractivity contribution in [3.8, 4) is 0 Å². The quantitative estimate of drug-likeness (QED) is 0.447. The number of nitrogens with zero attached hydrogens (tertiary/aromatic N) is 2. The van der Waals surface area contributed by atoms with E-state index in [4.69, 9.17) is 20.4 Å². The lowest BCUT2D eigenvalue weighted by atomic mass is 9.96. The van der Waals surface area contributed by atoms with Crippen LogP contribution in [0.4, 0.5) is 0 Å². The van der Waals surface area contributed by atoms with Gasteiger partial charge in [-0.15, -0.1) is 0 Å². The zero-order valence-electron chi connectivity index (χ0n) is 15.4. The first-order chi connectivity index (χ1) is 13.6. The summed E-state index contributed by atoms with van der Waals surface area (Å²) in [6.45, 7) is 3.19. The van der Waals surface area contributed by atoms with E-state index in [1.807, 2.05) is 48.2 Å². The van der Waals surface area contributed by atoms with Crippen LogP contribution in [-0.4, -0.2) is 28.9 Å². The number of carbonyl (C=O) groups is 1. The second-order valence-electron chi connectivity index (χ2n) is 7.26. The summed E-state index contributed by atoms with van der Waals surface area (Å²) in [6.07, 6.45) is 1.64. The number of hydrogen-bond acceptors (Lipinski definition) is 4. The molecule has 2 aromatic carbocycles. The second-order valence-corrected chi connectivity index (χ2v) is 7.67. The van der Waals surface area contributed by atoms with Gasteiger partial charge in [0.2, 0.25) is 0 Å². The molecule has 0 atom stereocenters. The zero-order chi connectivity index (χ0) is 19.3. The molecule has 0 unspecified atom stereocenters. The number of carbonyl (C=O) groups excluding carboxylic acids is 1. The summed E-state index contributed by atoms with van der Waals surface area (Å²) in [5.74, 6) is 1.28. The Morgan fingerprint density at radius 3 is 2.64 bits per heavy atom. The number of para-hydroxylation sites is 3. The highest BCUT2D eigenvalue weighted by Gasteiger charge is 2.30. The number of benzene rings is 2. The number of amides is 1. The van der Waals surface area contributed by atoms with Crippen molar-refractivity contribution < 1.29 is 13.6 Å². The van der Waals surface area contributed by atoms with Crippen LogP contribution in [0, 0.1) is 6.92 Å². The van der Waals surface area contributed by atoms with Crippen molar-refractivity contribution in [3.05, 3.63) is 64.7 Å². The van der Waals surface area contributed by atoms with Crippen molar-refractivity contribution in [1.29, 1.82) is 0 Å². The summed E-state index contributed by atoms with van der Waals surface area (Å²) in [5, 5.41) is 1.41. The Hall–Kier alpha value is -2.79. The number of fused-ring (bicyclic) bond motifs is 2. The third-order valence-electron chi connectivity index (χ3n) is 5.55. The van der Waals surface area contributed by atoms with Crippen molar-refractivity contribution >= 4 is 39.6 Å². The fourth-order valence-electron chi connectivity index (χ4n) is 3.95. The Bertz CT molecular complexity index is 1150. The van der Waals surface area contributed by atoms with Gasteiger partial charge in [0, 0.05) is 30.0 Å². The van der Waals surface area contributed by atoms with Crippen LogP contribution in [0.15, 0.2) is 51.3 Å². The molecule has 0 saturated carbocycles. The van der Waals surface area contributed by atoms with Crippen molar-refractivity contribution in [1.82, 2.24) is 9.88 Å². The number of piperidine rings is 1. The van der Waals surface area contributed by atoms with E-state index in [9.17, 15) is 4.79 Å². The fourth-order valence-corrected chi connectivity index (χ4v) is 4.16. The highest BCUT2D eigenvalue weighted by Crippen LogP contribution is 2.34. The minimum atomic E-state index is -0.0826. The van der Waals surface area contributed by atoms with E-state index in [2.05, 4.69) is 4.98 Å². The molecule has 1 aliphatic rings. The molecule has 6 heteroatoms. The maximum Gasteiger partial charge on any atom is 0.289 e. The highest BCUT2D eigenvalue weighted by molar-refractivity contribution is 6.35. The molecule has 0 bridgehead atoms. The molecule has 28 heavy (non-hydrogen) atoms. The third-order valence-corrected chi connectivity index (χ3v) is 5.85. The highest BCUT2D eigenvalue weighted by atomic mass is 35.5. The predicted octanol–water partition coefficient (Wildman–Crippen LogP) is 5.56. The van der Waals surface area contributed by atoms with Gasteiger partial charge in [0.15, 0.2) is 22.8 Å². The van der Waals surface area contributed by atoms with Gasteiger partial charge in [-0.3, -0.25) is 4.79 Å². The van der Waals surface area contributed by atoms with Crippen LogP contribution in [0.1, 0.15) is 40.8 Å². The number of aryl methyl sites for hydroxylation is 1. The summed E-state index contributed by atoms with van der Waals surface area (Å²) < 4.78 is 11.8. The molecule has 142 valence electrons. The van der Waals surface area contributed by atoms with Gasteiger partial charge in [0.05, 0.1) is 5.02 Å². The fraction of sp³-hybridized carbons (Fsp3) is 0.273. The number of rotatable bonds is 2. The topological polar surface area (TPSA) is 59.5 Å². The molecule has 0 aliphatic carbocycles. The second kappa shape index (κ2) is 6.67. The van der Waals surface area contributed by atoms with Crippen molar-refractivity contribution in [2.75, 3.05) is 13.1 Å². The summed E-state index contributed by atoms with van der Waals surface area (Å²) >= 11 is 6.22. The molecule has 1 fully saturated rings. The normalized spacial score (nSPS) is 15.6. The molecule has 5 rings (SSSR count). The zero-order valence-corrected chi connectivity index (χ0v) is 16.2. The summed E-state index contributed by atoms with van der Waals surface area (Å²) in [4.78, 5) is 19.5. The average Bonchev–Trinajstić information content (AvgIpc) is 3.30. The van der Waals surface area contributed by atoms with Crippen LogP contribution in [-0.2, 0) is 0 Å². The molecule has 2 aromatic heterocycles. The lowest BCUT2D eigenvalue weighted by molar-refractivity contribution is 0.0676. The van der Waals surface area contributed by atoms with Crippen LogP contribution in [0.3, 0.4) is 0 Å². The SMILES string of the molecule is Cc1c(C(=O)N2CCC(c3nc4ccccc4o3)CC2)oc2c(Cl)cccc12. The summed E-state index contributed by atoms with van der Waals surface area (Å²) in [5.41, 5.74) is 3.10. The lowest BCUT2D eigenvalue weighted by Crippen LogP contribution is -2.38. The maximum atomic E-state index is 13.0. The smallest absolute Gasteiger partial charge is 0.289 e. The Morgan fingerprint density at radius 2 is 1.89 bits per heavy atom. The molecule has 0 N–H and O–H groups in total. The number of hydrogen-bond donors (Lipinski definition) is 0. The van der Waals surface area contributed by atoms with Gasteiger partial charge in [0.25, 0.3) is 5.91 Å². The van der Waals surface area contributed by atoms with Gasteiger partial charge in [-0.05, 0) is 38.0 Å². The molecule has 0 radical (unpaired) electrons. The summed E-state index contributed by atoms with van der Waals surface area (Å²) in [7, 11) is 0. The van der Waals surface area contributed by atoms with Crippen LogP contribution in [0.2, 0.25) is 5.02 Å². The van der Waals surface area contributed by atoms with E-state index in [1.54, 1.807) is 6.07 Å². The number of oxazole rings is 1. The number of halogens is 1. The largest absolute Gasteiger partial charge is 0.449 e. The number of furan rings is 1. The minimum Gasteiger partial charge on any atom is -0.449 e. The lowest BCUT2D eigenvalue weighted by Gasteiger charge is -2.30. The molecule has 1 amide bonds. The number of aromatic nitrogens is 1. The Labute approximate surface area is 166 Å². The van der Waals surface area contributed by atoms with E-state index in [-0.39, 0.29) is 11.8 Å². The third kappa shape index (κ3) is 2.78. The monoisotopic (exact) mass is 394 g/mol. The Balaban J connectivity index is 1.34. The molecule has 1 saturated heterocycles. The standard InChI is InChI=1S/C22H19ClN2O3/c1-13-15-5-4-6-16(23)20(15)28-19(13)22(26)25-11-9-14(10-12-25)21-24-17-7-2-3-8-18(17)27-21/h2-8,14H,9-12H2,1H3. The van der Waals surface area contributed by atoms with E-state index in [1.165, 1.54) is 0 Å². The van der Waals surface area contributed by atoms with Gasteiger partial charge in [-0.25, -0.2) is 4.98 Å². The molecule has 0 spiro atoms. The maximum absolute atomic E-state index is 13.0. The molecular weight excluding hydrogens is 376 g/mol. The van der Waals surface area contributed by atoms with Gasteiger partial charge in [-0.2, -0.15) is 0 Å². The van der Waals surface area contributed by atoms with Crippen molar-refractivity contribution in [2.45, 2.75) is 25.7 Å². The van der Waals surface area contributed by atoms with Crippen LogP contribution in [0.5, 0.6) is 0 Å². The van der Waals surface area contributed by atoms with E-state index < -0.39 is 0 Å². The first kappa shape index (κ1) is 17.3. The van der Waals surface area contributed by atoms with Crippen LogP contribution < -0.4 is 0 Å². The first-order valence-electron chi connectivity index (χ1n) is 9.44. The minimum absolute atomic E-state index is 0.0826. The Morgan fingerprint density at radius 1 is 1.11 bits per heavy atom. The van der Waals surface area contributed by atoms with Gasteiger partial charge >= 0.3 is 0 Å². The van der Waals surface area contributed by atoms with Gasteiger partial charge in [-0.1, -0.05) is 35.9 Å². The first-order valence-corrected chi connectivity index (χ1v) is 9.82. The molecule has 3 heterocycles. The predicted molar refractivity (Wildman–Crippen MR) is 108 cm³/mol. The van der Waals surface area contributed by atoms with Gasteiger partial charge in [0.1, 0.15) is 5.52 Å². The van der Waals surface area contributed by atoms with Gasteiger partial charge < -0.3 is 13.7 Å². The summed E-state index contributed by atoms with van der Waals surface area (Å²) in [6, 6.07) is 13.4. The molecular formula is C22H19ClN2O3. The van der Waals surface area contributed by atoms with Crippen LogP contribution >= 0.6 is 11.6 Å². The van der Waals surface area contributed by atoms with Crippen molar-refractivity contribution in [3.63, 3.8) is 0 Å².